The number of thiazole rings is 1. The number of carbonyl (C=O) groups excluding carboxylic acids is 1. The predicted octanol–water partition coefficient (Wildman–Crippen LogP) is 7.53. The first kappa shape index (κ1) is 21.3. The van der Waals surface area contributed by atoms with Crippen LogP contribution < -0.4 is 0 Å². The maximum Gasteiger partial charge on any atom is 0.339 e. The van der Waals surface area contributed by atoms with Crippen molar-refractivity contribution in [2.24, 2.45) is 5.92 Å². The number of halogens is 3. The van der Waals surface area contributed by atoms with Crippen LogP contribution in [0.5, 0.6) is 0 Å². The number of methoxy groups -OCH3 is 1. The zero-order valence-corrected chi connectivity index (χ0v) is 19.5. The fourth-order valence-electron chi connectivity index (χ4n) is 2.78. The van der Waals surface area contributed by atoms with Crippen molar-refractivity contribution in [2.45, 2.75) is 20.3 Å². The molecule has 28 heavy (non-hydrogen) atoms. The van der Waals surface area contributed by atoms with E-state index in [0.29, 0.717) is 26.0 Å². The van der Waals surface area contributed by atoms with Gasteiger partial charge in [0.05, 0.1) is 28.4 Å². The number of benzene rings is 2. The molecular weight excluding hydrogens is 481 g/mol. The summed E-state index contributed by atoms with van der Waals surface area (Å²) >= 11 is 17.3. The Labute approximate surface area is 186 Å². The summed E-state index contributed by atoms with van der Waals surface area (Å²) in [7, 11) is 1.37. The lowest BCUT2D eigenvalue weighted by Crippen LogP contribution is -2.02. The number of aromatic nitrogens is 1. The highest BCUT2D eigenvalue weighted by Crippen LogP contribution is 2.38. The lowest BCUT2D eigenvalue weighted by atomic mass is 10.0. The molecule has 1 heterocycles. The molecule has 0 unspecified atom stereocenters. The van der Waals surface area contributed by atoms with Crippen molar-refractivity contribution in [1.29, 1.82) is 0 Å². The third-order valence-electron chi connectivity index (χ3n) is 4.10. The Hall–Kier alpha value is -1.40. The summed E-state index contributed by atoms with van der Waals surface area (Å²) in [5.41, 5.74) is 3.16. The molecule has 7 heteroatoms. The van der Waals surface area contributed by atoms with Gasteiger partial charge in [0, 0.05) is 20.5 Å². The molecule has 0 aliphatic carbocycles. The molecular formula is C21H18BrCl2NO2S. The minimum atomic E-state index is -0.391. The molecule has 3 rings (SSSR count). The monoisotopic (exact) mass is 497 g/mol. The zero-order chi connectivity index (χ0) is 20.4. The molecule has 3 nitrogen and oxygen atoms in total. The standard InChI is InChI=1S/C21H18BrCl2NO2S/c1-11(2)8-18-19(12-5-7-16(23)17(24)10-12)25-20(28-18)13-4-6-15(22)14(9-13)21(26)27-3/h4-7,9-11H,8H2,1-3H3. The Balaban J connectivity index is 2.12. The highest BCUT2D eigenvalue weighted by molar-refractivity contribution is 9.10. The van der Waals surface area contributed by atoms with E-state index in [1.54, 1.807) is 23.5 Å². The second kappa shape index (κ2) is 8.95. The van der Waals surface area contributed by atoms with Crippen molar-refractivity contribution in [3.8, 4) is 21.8 Å². The summed E-state index contributed by atoms with van der Waals surface area (Å²) in [4.78, 5) is 18.1. The first-order valence-electron chi connectivity index (χ1n) is 8.63. The minimum absolute atomic E-state index is 0.391. The fourth-order valence-corrected chi connectivity index (χ4v) is 4.78. The van der Waals surface area contributed by atoms with Gasteiger partial charge in [-0.1, -0.05) is 49.2 Å². The summed E-state index contributed by atoms with van der Waals surface area (Å²) in [6, 6.07) is 11.1. The van der Waals surface area contributed by atoms with Crippen LogP contribution in [0.1, 0.15) is 29.1 Å². The molecule has 0 N–H and O–H groups in total. The molecule has 0 aliphatic rings. The summed E-state index contributed by atoms with van der Waals surface area (Å²) in [5.74, 6) is 0.0859. The number of ether oxygens (including phenoxy) is 1. The quantitative estimate of drug-likeness (QED) is 0.341. The first-order valence-corrected chi connectivity index (χ1v) is 11.0. The van der Waals surface area contributed by atoms with Gasteiger partial charge in [0.15, 0.2) is 0 Å². The normalized spacial score (nSPS) is 11.1. The molecule has 2 aromatic carbocycles. The van der Waals surface area contributed by atoms with Crippen LogP contribution in [0.2, 0.25) is 10.0 Å². The molecule has 1 aromatic heterocycles. The highest BCUT2D eigenvalue weighted by Gasteiger charge is 2.18. The van der Waals surface area contributed by atoms with E-state index in [1.165, 1.54) is 12.0 Å². The number of esters is 1. The van der Waals surface area contributed by atoms with E-state index in [2.05, 4.69) is 29.8 Å². The Morgan fingerprint density at radius 3 is 2.50 bits per heavy atom. The Morgan fingerprint density at radius 2 is 1.86 bits per heavy atom. The maximum atomic E-state index is 12.0. The number of nitrogens with zero attached hydrogens (tertiary/aromatic N) is 1. The SMILES string of the molecule is COC(=O)c1cc(-c2nc(-c3ccc(Cl)c(Cl)c3)c(CC(C)C)s2)ccc1Br. The van der Waals surface area contributed by atoms with Crippen molar-refractivity contribution in [3.63, 3.8) is 0 Å². The van der Waals surface area contributed by atoms with E-state index in [-0.39, 0.29) is 0 Å². The van der Waals surface area contributed by atoms with Crippen LogP contribution in [0.3, 0.4) is 0 Å². The van der Waals surface area contributed by atoms with Gasteiger partial charge in [-0.25, -0.2) is 9.78 Å². The molecule has 0 spiro atoms. The molecule has 0 atom stereocenters. The van der Waals surface area contributed by atoms with Crippen LogP contribution in [0.25, 0.3) is 21.8 Å². The van der Waals surface area contributed by atoms with Gasteiger partial charge in [-0.2, -0.15) is 0 Å². The van der Waals surface area contributed by atoms with E-state index in [4.69, 9.17) is 32.9 Å². The van der Waals surface area contributed by atoms with E-state index in [1.807, 2.05) is 24.3 Å². The van der Waals surface area contributed by atoms with Gasteiger partial charge >= 0.3 is 5.97 Å². The molecule has 0 saturated carbocycles. The zero-order valence-electron chi connectivity index (χ0n) is 15.6. The predicted molar refractivity (Wildman–Crippen MR) is 121 cm³/mol. The Bertz CT molecular complexity index is 1030. The topological polar surface area (TPSA) is 39.2 Å². The fraction of sp³-hybridized carbons (Fsp3) is 0.238. The van der Waals surface area contributed by atoms with Crippen molar-refractivity contribution < 1.29 is 9.53 Å². The minimum Gasteiger partial charge on any atom is -0.465 e. The molecule has 0 saturated heterocycles. The van der Waals surface area contributed by atoms with Crippen molar-refractivity contribution >= 4 is 56.4 Å². The van der Waals surface area contributed by atoms with Gasteiger partial charge < -0.3 is 4.74 Å². The Kier molecular flexibility index (Phi) is 6.81. The van der Waals surface area contributed by atoms with Gasteiger partial charge in [-0.15, -0.1) is 11.3 Å². The average molecular weight is 499 g/mol. The number of hydrogen-bond donors (Lipinski definition) is 0. The summed E-state index contributed by atoms with van der Waals surface area (Å²) in [6.07, 6.45) is 0.896. The van der Waals surface area contributed by atoms with Gasteiger partial charge in [-0.3, -0.25) is 0 Å². The van der Waals surface area contributed by atoms with Crippen LogP contribution in [0.4, 0.5) is 0 Å². The average Bonchev–Trinajstić information content (AvgIpc) is 3.06. The third kappa shape index (κ3) is 4.60. The second-order valence-corrected chi connectivity index (χ2v) is 9.46. The second-order valence-electron chi connectivity index (χ2n) is 6.70. The van der Waals surface area contributed by atoms with E-state index < -0.39 is 5.97 Å². The largest absolute Gasteiger partial charge is 0.465 e. The molecule has 0 fully saturated rings. The first-order chi connectivity index (χ1) is 13.3. The van der Waals surface area contributed by atoms with Crippen molar-refractivity contribution in [2.75, 3.05) is 7.11 Å². The smallest absolute Gasteiger partial charge is 0.339 e. The van der Waals surface area contributed by atoms with E-state index in [0.717, 1.165) is 28.2 Å². The van der Waals surface area contributed by atoms with Crippen LogP contribution in [0.15, 0.2) is 40.9 Å². The maximum absolute atomic E-state index is 12.0. The van der Waals surface area contributed by atoms with E-state index in [9.17, 15) is 4.79 Å². The summed E-state index contributed by atoms with van der Waals surface area (Å²) in [5, 5.41) is 1.86. The van der Waals surface area contributed by atoms with Gasteiger partial charge in [0.1, 0.15) is 5.01 Å². The number of hydrogen-bond acceptors (Lipinski definition) is 4. The lowest BCUT2D eigenvalue weighted by Gasteiger charge is -2.06. The number of carbonyl (C=O) groups is 1. The van der Waals surface area contributed by atoms with Crippen LogP contribution >= 0.6 is 50.5 Å². The van der Waals surface area contributed by atoms with Crippen LogP contribution in [-0.4, -0.2) is 18.1 Å². The van der Waals surface area contributed by atoms with Crippen LogP contribution in [-0.2, 0) is 11.2 Å². The molecule has 0 bridgehead atoms. The summed E-state index contributed by atoms with van der Waals surface area (Å²) < 4.78 is 5.56. The van der Waals surface area contributed by atoms with Crippen molar-refractivity contribution in [3.05, 3.63) is 61.4 Å². The van der Waals surface area contributed by atoms with Crippen LogP contribution in [0, 0.1) is 5.92 Å². The van der Waals surface area contributed by atoms with Gasteiger partial charge in [-0.05, 0) is 52.5 Å². The Morgan fingerprint density at radius 1 is 1.14 bits per heavy atom. The van der Waals surface area contributed by atoms with E-state index >= 15 is 0 Å². The van der Waals surface area contributed by atoms with Gasteiger partial charge in [0.25, 0.3) is 0 Å². The summed E-state index contributed by atoms with van der Waals surface area (Å²) in [6.45, 7) is 4.35. The molecule has 146 valence electrons. The highest BCUT2D eigenvalue weighted by atomic mass is 79.9. The molecule has 0 amide bonds. The molecule has 0 aliphatic heterocycles. The lowest BCUT2D eigenvalue weighted by molar-refractivity contribution is 0.0599. The van der Waals surface area contributed by atoms with Crippen molar-refractivity contribution in [1.82, 2.24) is 4.98 Å². The number of rotatable bonds is 5. The van der Waals surface area contributed by atoms with Gasteiger partial charge in [0.2, 0.25) is 0 Å². The molecule has 0 radical (unpaired) electrons. The molecule has 3 aromatic rings. The third-order valence-corrected chi connectivity index (χ3v) is 6.66.